The first kappa shape index (κ1) is 10.5. The van der Waals surface area contributed by atoms with Gasteiger partial charge < -0.3 is 4.42 Å². The van der Waals surface area contributed by atoms with Gasteiger partial charge in [-0.1, -0.05) is 0 Å². The number of furan rings is 1. The van der Waals surface area contributed by atoms with Crippen LogP contribution in [0.1, 0.15) is 22.8 Å². The Hall–Kier alpha value is -1.68. The molecule has 0 saturated carbocycles. The number of rotatable bonds is 2. The molecule has 0 aliphatic carbocycles. The number of aryl methyl sites for hydroxylation is 1. The zero-order valence-corrected chi connectivity index (χ0v) is 9.89. The topological polar surface area (TPSA) is 42.2 Å². The van der Waals surface area contributed by atoms with Crippen LogP contribution in [-0.4, -0.2) is 21.4 Å². The second-order valence-electron chi connectivity index (χ2n) is 4.43. The molecule has 0 atom stereocenters. The molecule has 0 fully saturated rings. The van der Waals surface area contributed by atoms with Gasteiger partial charge in [0, 0.05) is 37.0 Å². The van der Waals surface area contributed by atoms with Gasteiger partial charge >= 0.3 is 0 Å². The maximum absolute atomic E-state index is 5.37. The zero-order valence-electron chi connectivity index (χ0n) is 9.89. The Morgan fingerprint density at radius 3 is 3.24 bits per heavy atom. The summed E-state index contributed by atoms with van der Waals surface area (Å²) < 4.78 is 5.37. The smallest absolute Gasteiger partial charge is 0.125 e. The summed E-state index contributed by atoms with van der Waals surface area (Å²) >= 11 is 0. The van der Waals surface area contributed by atoms with Gasteiger partial charge in [-0.2, -0.15) is 0 Å². The predicted octanol–water partition coefficient (Wildman–Crippen LogP) is 1.94. The van der Waals surface area contributed by atoms with Crippen molar-refractivity contribution in [3.63, 3.8) is 0 Å². The number of hydrogen-bond donors (Lipinski definition) is 0. The van der Waals surface area contributed by atoms with Crippen LogP contribution >= 0.6 is 0 Å². The molecule has 0 amide bonds. The van der Waals surface area contributed by atoms with Crippen LogP contribution in [0.4, 0.5) is 0 Å². The van der Waals surface area contributed by atoms with Crippen molar-refractivity contribution in [2.24, 2.45) is 0 Å². The van der Waals surface area contributed by atoms with Gasteiger partial charge in [-0.3, -0.25) is 4.90 Å². The molecule has 1 aliphatic rings. The third-order valence-electron chi connectivity index (χ3n) is 3.09. The van der Waals surface area contributed by atoms with Gasteiger partial charge in [-0.15, -0.1) is 0 Å². The van der Waals surface area contributed by atoms with Crippen LogP contribution in [0.2, 0.25) is 0 Å². The van der Waals surface area contributed by atoms with Crippen molar-refractivity contribution in [3.8, 4) is 0 Å². The lowest BCUT2D eigenvalue weighted by Gasteiger charge is -2.26. The minimum absolute atomic E-state index is 0.861. The van der Waals surface area contributed by atoms with Crippen molar-refractivity contribution in [2.45, 2.75) is 26.4 Å². The molecule has 2 aromatic heterocycles. The van der Waals surface area contributed by atoms with E-state index in [2.05, 4.69) is 14.9 Å². The van der Waals surface area contributed by atoms with E-state index in [9.17, 15) is 0 Å². The van der Waals surface area contributed by atoms with Crippen LogP contribution in [0.25, 0.3) is 0 Å². The fraction of sp³-hybridized carbons (Fsp3) is 0.385. The molecular weight excluding hydrogens is 214 g/mol. The number of fused-ring (bicyclic) bond motifs is 1. The standard InChI is InChI=1S/C13H15N3O/c1-10-14-7-11-8-16(5-4-13(11)15-10)9-12-3-2-6-17-12/h2-3,6-7H,4-5,8-9H2,1H3. The second-order valence-corrected chi connectivity index (χ2v) is 4.43. The highest BCUT2D eigenvalue weighted by atomic mass is 16.3. The summed E-state index contributed by atoms with van der Waals surface area (Å²) in [4.78, 5) is 11.1. The monoisotopic (exact) mass is 229 g/mol. The quantitative estimate of drug-likeness (QED) is 0.789. The maximum atomic E-state index is 5.37. The Bertz CT molecular complexity index is 507. The molecule has 88 valence electrons. The number of hydrogen-bond acceptors (Lipinski definition) is 4. The fourth-order valence-electron chi connectivity index (χ4n) is 2.23. The second kappa shape index (κ2) is 4.30. The molecular formula is C13H15N3O. The van der Waals surface area contributed by atoms with Crippen molar-refractivity contribution in [1.29, 1.82) is 0 Å². The Kier molecular flexibility index (Phi) is 2.65. The van der Waals surface area contributed by atoms with E-state index in [1.165, 1.54) is 11.3 Å². The molecule has 3 rings (SSSR count). The Balaban J connectivity index is 1.74. The van der Waals surface area contributed by atoms with Crippen LogP contribution in [0.5, 0.6) is 0 Å². The average Bonchev–Trinajstić information content (AvgIpc) is 2.82. The largest absolute Gasteiger partial charge is 0.468 e. The lowest BCUT2D eigenvalue weighted by atomic mass is 10.1. The Morgan fingerprint density at radius 2 is 2.41 bits per heavy atom. The van der Waals surface area contributed by atoms with E-state index >= 15 is 0 Å². The molecule has 2 aromatic rings. The van der Waals surface area contributed by atoms with E-state index in [0.717, 1.165) is 37.6 Å². The summed E-state index contributed by atoms with van der Waals surface area (Å²) in [6.45, 7) is 4.75. The normalized spacial score (nSPS) is 15.8. The molecule has 1 aliphatic heterocycles. The molecule has 0 aromatic carbocycles. The van der Waals surface area contributed by atoms with Crippen molar-refractivity contribution < 1.29 is 4.42 Å². The van der Waals surface area contributed by atoms with Crippen molar-refractivity contribution in [1.82, 2.24) is 14.9 Å². The van der Waals surface area contributed by atoms with E-state index in [1.807, 2.05) is 25.3 Å². The molecule has 4 heteroatoms. The Labute approximate surface area is 100 Å². The molecule has 4 nitrogen and oxygen atoms in total. The third-order valence-corrected chi connectivity index (χ3v) is 3.09. The molecule has 0 N–H and O–H groups in total. The number of nitrogens with zero attached hydrogens (tertiary/aromatic N) is 3. The van der Waals surface area contributed by atoms with E-state index in [0.29, 0.717) is 0 Å². The highest BCUT2D eigenvalue weighted by Crippen LogP contribution is 2.18. The zero-order chi connectivity index (χ0) is 11.7. The number of aromatic nitrogens is 2. The maximum Gasteiger partial charge on any atom is 0.125 e. The van der Waals surface area contributed by atoms with Gasteiger partial charge in [0.05, 0.1) is 12.8 Å². The lowest BCUT2D eigenvalue weighted by Crippen LogP contribution is -2.30. The minimum atomic E-state index is 0.861. The summed E-state index contributed by atoms with van der Waals surface area (Å²) in [6.07, 6.45) is 4.67. The first-order chi connectivity index (χ1) is 8.31. The van der Waals surface area contributed by atoms with Crippen LogP contribution in [0.3, 0.4) is 0 Å². The van der Waals surface area contributed by atoms with Crippen LogP contribution < -0.4 is 0 Å². The highest BCUT2D eigenvalue weighted by Gasteiger charge is 2.18. The SMILES string of the molecule is Cc1ncc2c(n1)CCN(Cc1ccco1)C2. The molecule has 0 saturated heterocycles. The van der Waals surface area contributed by atoms with Crippen molar-refractivity contribution in [3.05, 3.63) is 47.4 Å². The molecule has 0 bridgehead atoms. The van der Waals surface area contributed by atoms with Crippen LogP contribution in [0, 0.1) is 6.92 Å². The molecule has 17 heavy (non-hydrogen) atoms. The van der Waals surface area contributed by atoms with Crippen LogP contribution in [-0.2, 0) is 19.5 Å². The Morgan fingerprint density at radius 1 is 1.47 bits per heavy atom. The summed E-state index contributed by atoms with van der Waals surface area (Å²) in [5, 5.41) is 0. The van der Waals surface area contributed by atoms with Crippen LogP contribution in [0.15, 0.2) is 29.0 Å². The molecule has 0 unspecified atom stereocenters. The third kappa shape index (κ3) is 2.22. The van der Waals surface area contributed by atoms with Gasteiger partial charge in [0.2, 0.25) is 0 Å². The van der Waals surface area contributed by atoms with Gasteiger partial charge in [0.15, 0.2) is 0 Å². The first-order valence-corrected chi connectivity index (χ1v) is 5.87. The molecule has 0 spiro atoms. The van der Waals surface area contributed by atoms with E-state index in [-0.39, 0.29) is 0 Å². The van der Waals surface area contributed by atoms with Crippen molar-refractivity contribution >= 4 is 0 Å². The minimum Gasteiger partial charge on any atom is -0.468 e. The van der Waals surface area contributed by atoms with Gasteiger partial charge in [-0.25, -0.2) is 9.97 Å². The van der Waals surface area contributed by atoms with Gasteiger partial charge in [0.25, 0.3) is 0 Å². The van der Waals surface area contributed by atoms with Crippen molar-refractivity contribution in [2.75, 3.05) is 6.54 Å². The lowest BCUT2D eigenvalue weighted by molar-refractivity contribution is 0.223. The van der Waals surface area contributed by atoms with Gasteiger partial charge in [-0.05, 0) is 19.1 Å². The summed E-state index contributed by atoms with van der Waals surface area (Å²) in [5.74, 6) is 1.88. The van der Waals surface area contributed by atoms with Gasteiger partial charge in [0.1, 0.15) is 11.6 Å². The summed E-state index contributed by atoms with van der Waals surface area (Å²) in [7, 11) is 0. The fourth-order valence-corrected chi connectivity index (χ4v) is 2.23. The average molecular weight is 229 g/mol. The van der Waals surface area contributed by atoms with E-state index in [1.54, 1.807) is 6.26 Å². The molecule has 3 heterocycles. The summed E-state index contributed by atoms with van der Waals surface area (Å²) in [5.41, 5.74) is 2.45. The predicted molar refractivity (Wildman–Crippen MR) is 63.3 cm³/mol. The van der Waals surface area contributed by atoms with E-state index in [4.69, 9.17) is 4.42 Å². The molecule has 0 radical (unpaired) electrons. The summed E-state index contributed by atoms with van der Waals surface area (Å²) in [6, 6.07) is 3.95. The highest BCUT2D eigenvalue weighted by molar-refractivity contribution is 5.20. The first-order valence-electron chi connectivity index (χ1n) is 5.87. The van der Waals surface area contributed by atoms with E-state index < -0.39 is 0 Å².